The Morgan fingerprint density at radius 3 is 2.57 bits per heavy atom. The summed E-state index contributed by atoms with van der Waals surface area (Å²) in [4.78, 5) is 34.6. The van der Waals surface area contributed by atoms with Gasteiger partial charge in [-0.2, -0.15) is 4.39 Å². The highest BCUT2D eigenvalue weighted by Crippen LogP contribution is 2.32. The maximum Gasteiger partial charge on any atom is 0.281 e. The molecule has 1 fully saturated rings. The van der Waals surface area contributed by atoms with Gasteiger partial charge in [-0.25, -0.2) is 15.3 Å². The van der Waals surface area contributed by atoms with Crippen molar-refractivity contribution in [2.24, 2.45) is 0 Å². The van der Waals surface area contributed by atoms with Gasteiger partial charge in [0.2, 0.25) is 11.9 Å². The molecule has 3 aromatic rings. The molecule has 0 atom stereocenters. The minimum atomic E-state index is -0.522. The SMILES string of the molecule is CC(=O)N1CCC(c2ccc(Nc3nc(-c4cnc(F)c(C)c4)cc4c3C(=O)[N]C=C4)cc2)CC1. The number of fused-ring (bicyclic) bond motifs is 1. The standard InChI is InChI=1S/C27H25FN5O2/c1-16-13-21(15-30-25(16)28)23-14-20-7-10-29-27(35)24(20)26(32-23)31-22-5-3-18(4-6-22)19-8-11-33(12-9-19)17(2)34/h3-7,10,13-15,19H,8-9,11-12H2,1-2H3,(H,31,32). The van der Waals surface area contributed by atoms with Gasteiger partial charge in [0.25, 0.3) is 5.91 Å². The quantitative estimate of drug-likeness (QED) is 0.554. The van der Waals surface area contributed by atoms with Gasteiger partial charge in [0.1, 0.15) is 5.82 Å². The van der Waals surface area contributed by atoms with Crippen molar-refractivity contribution in [3.8, 4) is 11.3 Å². The van der Waals surface area contributed by atoms with E-state index in [0.717, 1.165) is 31.6 Å². The van der Waals surface area contributed by atoms with Gasteiger partial charge < -0.3 is 10.2 Å². The third-order valence-corrected chi connectivity index (χ3v) is 6.60. The molecule has 5 rings (SSSR count). The van der Waals surface area contributed by atoms with E-state index in [1.165, 1.54) is 18.0 Å². The molecule has 2 amide bonds. The van der Waals surface area contributed by atoms with E-state index in [1.54, 1.807) is 32.1 Å². The molecule has 1 radical (unpaired) electrons. The topological polar surface area (TPSA) is 89.3 Å². The van der Waals surface area contributed by atoms with E-state index in [-0.39, 0.29) is 11.8 Å². The van der Waals surface area contributed by atoms with E-state index in [1.807, 2.05) is 17.0 Å². The predicted octanol–water partition coefficient (Wildman–Crippen LogP) is 4.79. The Bertz CT molecular complexity index is 1330. The van der Waals surface area contributed by atoms with Crippen molar-refractivity contribution >= 4 is 29.4 Å². The van der Waals surface area contributed by atoms with Gasteiger partial charge in [-0.05, 0) is 67.2 Å². The molecule has 0 saturated carbocycles. The summed E-state index contributed by atoms with van der Waals surface area (Å²) in [6.07, 6.45) is 6.55. The van der Waals surface area contributed by atoms with Crippen LogP contribution in [0.2, 0.25) is 0 Å². The molecule has 177 valence electrons. The summed E-state index contributed by atoms with van der Waals surface area (Å²) in [6, 6.07) is 11.6. The van der Waals surface area contributed by atoms with Crippen molar-refractivity contribution in [1.82, 2.24) is 20.2 Å². The number of nitrogens with zero attached hydrogens (tertiary/aromatic N) is 4. The van der Waals surface area contributed by atoms with Crippen LogP contribution in [0.1, 0.15) is 52.7 Å². The van der Waals surface area contributed by atoms with Crippen LogP contribution in [0.5, 0.6) is 0 Å². The number of halogens is 1. The lowest BCUT2D eigenvalue weighted by molar-refractivity contribution is -0.129. The van der Waals surface area contributed by atoms with Crippen molar-refractivity contribution in [2.75, 3.05) is 18.4 Å². The second kappa shape index (κ2) is 9.29. The molecule has 1 aromatic carbocycles. The molecule has 4 heterocycles. The first-order chi connectivity index (χ1) is 16.9. The Hall–Kier alpha value is -4.07. The molecule has 2 aromatic heterocycles. The van der Waals surface area contributed by atoms with Crippen LogP contribution in [0.3, 0.4) is 0 Å². The number of amides is 2. The van der Waals surface area contributed by atoms with Gasteiger partial charge >= 0.3 is 0 Å². The Morgan fingerprint density at radius 2 is 1.89 bits per heavy atom. The Morgan fingerprint density at radius 1 is 1.14 bits per heavy atom. The number of aryl methyl sites for hydroxylation is 1. The maximum atomic E-state index is 13.7. The number of likely N-dealkylation sites (tertiary alicyclic amines) is 1. The number of hydrogen-bond donors (Lipinski definition) is 1. The van der Waals surface area contributed by atoms with Crippen LogP contribution in [0, 0.1) is 12.9 Å². The number of pyridine rings is 2. The highest BCUT2D eigenvalue weighted by atomic mass is 19.1. The number of carbonyl (C=O) groups excluding carboxylic acids is 2. The summed E-state index contributed by atoms with van der Waals surface area (Å²) in [5.41, 5.74) is 4.75. The lowest BCUT2D eigenvalue weighted by Crippen LogP contribution is -2.36. The van der Waals surface area contributed by atoms with Crippen molar-refractivity contribution in [1.29, 1.82) is 0 Å². The number of piperidine rings is 1. The average Bonchev–Trinajstić information content (AvgIpc) is 2.86. The van der Waals surface area contributed by atoms with Crippen LogP contribution in [-0.4, -0.2) is 39.8 Å². The third kappa shape index (κ3) is 4.64. The number of anilines is 2. The Kier molecular flexibility index (Phi) is 6.03. The highest BCUT2D eigenvalue weighted by molar-refractivity contribution is 6.05. The fourth-order valence-electron chi connectivity index (χ4n) is 4.61. The third-order valence-electron chi connectivity index (χ3n) is 6.60. The van der Waals surface area contributed by atoms with Crippen LogP contribution in [0.4, 0.5) is 15.9 Å². The molecule has 0 unspecified atom stereocenters. The van der Waals surface area contributed by atoms with Crippen molar-refractivity contribution in [3.63, 3.8) is 0 Å². The maximum absolute atomic E-state index is 13.7. The molecule has 8 heteroatoms. The van der Waals surface area contributed by atoms with Crippen molar-refractivity contribution in [3.05, 3.63) is 77.0 Å². The monoisotopic (exact) mass is 470 g/mol. The first kappa shape index (κ1) is 22.7. The summed E-state index contributed by atoms with van der Waals surface area (Å²) in [5, 5.41) is 7.18. The van der Waals surface area contributed by atoms with Crippen LogP contribution >= 0.6 is 0 Å². The van der Waals surface area contributed by atoms with Crippen LogP contribution in [0.15, 0.2) is 48.8 Å². The van der Waals surface area contributed by atoms with Gasteiger partial charge in [0.15, 0.2) is 0 Å². The van der Waals surface area contributed by atoms with Crippen molar-refractivity contribution in [2.45, 2.75) is 32.6 Å². The number of hydrogen-bond acceptors (Lipinski definition) is 5. The lowest BCUT2D eigenvalue weighted by Gasteiger charge is -2.31. The molecule has 0 spiro atoms. The number of rotatable bonds is 4. The molecule has 7 nitrogen and oxygen atoms in total. The lowest BCUT2D eigenvalue weighted by atomic mass is 9.89. The van der Waals surface area contributed by atoms with E-state index < -0.39 is 5.95 Å². The summed E-state index contributed by atoms with van der Waals surface area (Å²) in [7, 11) is 0. The van der Waals surface area contributed by atoms with Gasteiger partial charge in [-0.1, -0.05) is 12.1 Å². The predicted molar refractivity (Wildman–Crippen MR) is 132 cm³/mol. The smallest absolute Gasteiger partial charge is 0.281 e. The molecule has 2 aliphatic heterocycles. The molecule has 0 aliphatic carbocycles. The first-order valence-corrected chi connectivity index (χ1v) is 11.6. The zero-order valence-corrected chi connectivity index (χ0v) is 19.6. The summed E-state index contributed by atoms with van der Waals surface area (Å²) in [5.74, 6) is 0.0368. The zero-order chi connectivity index (χ0) is 24.5. The van der Waals surface area contributed by atoms with E-state index in [0.29, 0.717) is 39.7 Å². The summed E-state index contributed by atoms with van der Waals surface area (Å²) < 4.78 is 13.7. The first-order valence-electron chi connectivity index (χ1n) is 11.6. The fraction of sp³-hybridized carbons (Fsp3) is 0.259. The van der Waals surface area contributed by atoms with Gasteiger partial charge in [0, 0.05) is 49.2 Å². The molecular formula is C27H25FN5O2. The minimum Gasteiger partial charge on any atom is -0.343 e. The molecule has 0 bridgehead atoms. The number of nitrogens with one attached hydrogen (secondary N) is 1. The number of aromatic nitrogens is 2. The van der Waals surface area contributed by atoms with E-state index >= 15 is 0 Å². The highest BCUT2D eigenvalue weighted by Gasteiger charge is 2.24. The number of benzene rings is 1. The largest absolute Gasteiger partial charge is 0.343 e. The van der Waals surface area contributed by atoms with Crippen LogP contribution < -0.4 is 10.6 Å². The minimum absolute atomic E-state index is 0.128. The second-order valence-corrected chi connectivity index (χ2v) is 8.93. The molecule has 35 heavy (non-hydrogen) atoms. The molecule has 1 saturated heterocycles. The summed E-state index contributed by atoms with van der Waals surface area (Å²) >= 11 is 0. The van der Waals surface area contributed by atoms with Gasteiger partial charge in [-0.15, -0.1) is 0 Å². The number of carbonyl (C=O) groups is 2. The Balaban J connectivity index is 1.42. The van der Waals surface area contributed by atoms with E-state index in [2.05, 4.69) is 32.7 Å². The fourth-order valence-corrected chi connectivity index (χ4v) is 4.61. The van der Waals surface area contributed by atoms with E-state index in [9.17, 15) is 14.0 Å². The van der Waals surface area contributed by atoms with Crippen LogP contribution in [0.25, 0.3) is 17.3 Å². The van der Waals surface area contributed by atoms with Gasteiger partial charge in [0.05, 0.1) is 11.3 Å². The van der Waals surface area contributed by atoms with Crippen molar-refractivity contribution < 1.29 is 14.0 Å². The van der Waals surface area contributed by atoms with Gasteiger partial charge in [-0.3, -0.25) is 9.59 Å². The molecule has 2 aliphatic rings. The average molecular weight is 471 g/mol. The second-order valence-electron chi connectivity index (χ2n) is 8.93. The molecular weight excluding hydrogens is 445 g/mol. The summed E-state index contributed by atoms with van der Waals surface area (Å²) in [6.45, 7) is 4.82. The van der Waals surface area contributed by atoms with E-state index in [4.69, 9.17) is 0 Å². The van der Waals surface area contributed by atoms with Crippen LogP contribution in [-0.2, 0) is 4.79 Å². The normalized spacial score (nSPS) is 15.5. The Labute approximate surface area is 203 Å². The molecule has 1 N–H and O–H groups in total. The zero-order valence-electron chi connectivity index (χ0n) is 19.6.